The minimum Gasteiger partial charge on any atom is -0.481 e. The van der Waals surface area contributed by atoms with Crippen LogP contribution in [0.1, 0.15) is 50.5 Å². The molecule has 22 heavy (non-hydrogen) atoms. The largest absolute Gasteiger partial charge is 0.481 e. The molecule has 1 amide bonds. The van der Waals surface area contributed by atoms with E-state index in [4.69, 9.17) is 5.11 Å². The van der Waals surface area contributed by atoms with Crippen molar-refractivity contribution in [2.24, 2.45) is 0 Å². The second-order valence-corrected chi connectivity index (χ2v) is 5.90. The van der Waals surface area contributed by atoms with E-state index in [9.17, 15) is 14.0 Å². The molecule has 0 spiro atoms. The zero-order valence-electron chi connectivity index (χ0n) is 12.6. The van der Waals surface area contributed by atoms with Crippen molar-refractivity contribution in [3.05, 3.63) is 35.6 Å². The number of halogens is 1. The molecule has 1 aliphatic carbocycles. The summed E-state index contributed by atoms with van der Waals surface area (Å²) in [6, 6.07) is 6.19. The fourth-order valence-electron chi connectivity index (χ4n) is 3.17. The lowest BCUT2D eigenvalue weighted by atomic mass is 9.78. The molecular formula is C17H22FNO3. The quantitative estimate of drug-likeness (QED) is 0.761. The van der Waals surface area contributed by atoms with E-state index < -0.39 is 11.4 Å². The molecule has 1 aliphatic rings. The maximum Gasteiger partial charge on any atom is 0.303 e. The number of hydrogen-bond acceptors (Lipinski definition) is 2. The number of rotatable bonds is 7. The first-order valence-corrected chi connectivity index (χ1v) is 7.81. The van der Waals surface area contributed by atoms with Crippen molar-refractivity contribution in [2.75, 3.05) is 6.54 Å². The summed E-state index contributed by atoms with van der Waals surface area (Å²) in [6.45, 7) is 0.481. The smallest absolute Gasteiger partial charge is 0.303 e. The number of carbonyl (C=O) groups is 2. The number of nitrogens with one attached hydrogen (secondary N) is 1. The van der Waals surface area contributed by atoms with Crippen molar-refractivity contribution in [2.45, 2.75) is 50.4 Å². The van der Waals surface area contributed by atoms with Gasteiger partial charge in [0, 0.05) is 13.0 Å². The highest BCUT2D eigenvalue weighted by molar-refractivity contribution is 5.88. The molecule has 1 aromatic carbocycles. The lowest BCUT2D eigenvalue weighted by Crippen LogP contribution is -2.43. The van der Waals surface area contributed by atoms with Crippen LogP contribution in [0.5, 0.6) is 0 Å². The number of carboxylic acid groups (broad SMARTS) is 1. The fraction of sp³-hybridized carbons (Fsp3) is 0.529. The third-order valence-electron chi connectivity index (χ3n) is 4.39. The number of carbonyl (C=O) groups excluding carboxylic acids is 1. The van der Waals surface area contributed by atoms with Crippen molar-refractivity contribution in [3.8, 4) is 0 Å². The van der Waals surface area contributed by atoms with Crippen molar-refractivity contribution in [1.82, 2.24) is 5.32 Å². The third-order valence-corrected chi connectivity index (χ3v) is 4.39. The predicted molar refractivity (Wildman–Crippen MR) is 81.0 cm³/mol. The van der Waals surface area contributed by atoms with Gasteiger partial charge in [-0.1, -0.05) is 25.0 Å². The van der Waals surface area contributed by atoms with E-state index in [2.05, 4.69) is 5.32 Å². The van der Waals surface area contributed by atoms with Crippen LogP contribution in [-0.2, 0) is 15.0 Å². The molecule has 0 atom stereocenters. The summed E-state index contributed by atoms with van der Waals surface area (Å²) < 4.78 is 13.1. The van der Waals surface area contributed by atoms with Crippen molar-refractivity contribution in [1.29, 1.82) is 0 Å². The van der Waals surface area contributed by atoms with Gasteiger partial charge in [-0.2, -0.15) is 0 Å². The molecule has 0 heterocycles. The number of hydrogen-bond donors (Lipinski definition) is 2. The molecule has 0 aromatic heterocycles. The molecule has 0 saturated heterocycles. The van der Waals surface area contributed by atoms with Crippen LogP contribution in [-0.4, -0.2) is 23.5 Å². The second-order valence-electron chi connectivity index (χ2n) is 5.90. The topological polar surface area (TPSA) is 66.4 Å². The summed E-state index contributed by atoms with van der Waals surface area (Å²) in [4.78, 5) is 23.1. The van der Waals surface area contributed by atoms with E-state index in [1.807, 2.05) is 0 Å². The molecule has 0 aliphatic heterocycles. The zero-order chi connectivity index (χ0) is 16.0. The lowest BCUT2D eigenvalue weighted by molar-refractivity contribution is -0.137. The predicted octanol–water partition coefficient (Wildman–Crippen LogP) is 3.01. The zero-order valence-corrected chi connectivity index (χ0v) is 12.6. The fourth-order valence-corrected chi connectivity index (χ4v) is 3.17. The van der Waals surface area contributed by atoms with Gasteiger partial charge in [0.1, 0.15) is 5.82 Å². The van der Waals surface area contributed by atoms with Gasteiger partial charge >= 0.3 is 5.97 Å². The Labute approximate surface area is 129 Å². The Morgan fingerprint density at radius 1 is 1.14 bits per heavy atom. The molecule has 2 N–H and O–H groups in total. The molecule has 0 unspecified atom stereocenters. The van der Waals surface area contributed by atoms with Crippen LogP contribution >= 0.6 is 0 Å². The molecule has 4 nitrogen and oxygen atoms in total. The molecule has 5 heteroatoms. The van der Waals surface area contributed by atoms with Gasteiger partial charge in [-0.05, 0) is 43.4 Å². The average Bonchev–Trinajstić information content (AvgIpc) is 2.98. The monoisotopic (exact) mass is 307 g/mol. The molecule has 1 fully saturated rings. The summed E-state index contributed by atoms with van der Waals surface area (Å²) >= 11 is 0. The van der Waals surface area contributed by atoms with Crippen LogP contribution in [0.4, 0.5) is 4.39 Å². The van der Waals surface area contributed by atoms with Crippen molar-refractivity contribution >= 4 is 11.9 Å². The number of carboxylic acids is 1. The van der Waals surface area contributed by atoms with E-state index >= 15 is 0 Å². The maximum atomic E-state index is 13.1. The number of aliphatic carboxylic acids is 1. The van der Waals surface area contributed by atoms with Crippen LogP contribution < -0.4 is 5.32 Å². The molecule has 2 rings (SSSR count). The van der Waals surface area contributed by atoms with Crippen LogP contribution in [0.15, 0.2) is 24.3 Å². The Hall–Kier alpha value is -1.91. The highest BCUT2D eigenvalue weighted by atomic mass is 19.1. The van der Waals surface area contributed by atoms with Gasteiger partial charge in [0.05, 0.1) is 5.41 Å². The number of benzene rings is 1. The second kappa shape index (κ2) is 7.38. The molecule has 120 valence electrons. The van der Waals surface area contributed by atoms with Crippen LogP contribution in [0, 0.1) is 5.82 Å². The molecule has 1 aromatic rings. The van der Waals surface area contributed by atoms with Gasteiger partial charge in [0.15, 0.2) is 0 Å². The van der Waals surface area contributed by atoms with E-state index in [1.165, 1.54) is 12.1 Å². The van der Waals surface area contributed by atoms with E-state index in [1.54, 1.807) is 12.1 Å². The molecule has 0 radical (unpaired) electrons. The van der Waals surface area contributed by atoms with Gasteiger partial charge in [0.2, 0.25) is 5.91 Å². The summed E-state index contributed by atoms with van der Waals surface area (Å²) in [5.41, 5.74) is 0.315. The van der Waals surface area contributed by atoms with E-state index in [0.29, 0.717) is 19.4 Å². The van der Waals surface area contributed by atoms with Gasteiger partial charge in [-0.15, -0.1) is 0 Å². The van der Waals surface area contributed by atoms with Gasteiger partial charge < -0.3 is 10.4 Å². The van der Waals surface area contributed by atoms with E-state index in [-0.39, 0.29) is 18.1 Å². The Bertz CT molecular complexity index is 521. The van der Waals surface area contributed by atoms with Crippen molar-refractivity contribution in [3.63, 3.8) is 0 Å². The summed E-state index contributed by atoms with van der Waals surface area (Å²) in [5.74, 6) is -1.14. The Morgan fingerprint density at radius 3 is 2.36 bits per heavy atom. The minimum atomic E-state index is -0.815. The summed E-state index contributed by atoms with van der Waals surface area (Å²) in [6.07, 6.45) is 4.86. The van der Waals surface area contributed by atoms with Crippen LogP contribution in [0.3, 0.4) is 0 Å². The maximum absolute atomic E-state index is 13.1. The Morgan fingerprint density at radius 2 is 1.77 bits per heavy atom. The first-order valence-electron chi connectivity index (χ1n) is 7.81. The standard InChI is InChI=1S/C17H22FNO3/c18-14-8-6-13(7-9-14)17(10-2-3-11-17)16(22)19-12-4-1-5-15(20)21/h6-9H,1-5,10-12H2,(H,19,22)(H,20,21). The Kier molecular flexibility index (Phi) is 5.52. The van der Waals surface area contributed by atoms with Gasteiger partial charge in [-0.3, -0.25) is 9.59 Å². The van der Waals surface area contributed by atoms with Gasteiger partial charge in [0.25, 0.3) is 0 Å². The van der Waals surface area contributed by atoms with Crippen molar-refractivity contribution < 1.29 is 19.1 Å². The first kappa shape index (κ1) is 16.5. The third kappa shape index (κ3) is 3.84. The highest BCUT2D eigenvalue weighted by Crippen LogP contribution is 2.41. The molecule has 1 saturated carbocycles. The molecule has 0 bridgehead atoms. The number of unbranched alkanes of at least 4 members (excludes halogenated alkanes) is 1. The van der Waals surface area contributed by atoms with Gasteiger partial charge in [-0.25, -0.2) is 4.39 Å². The SMILES string of the molecule is O=C(O)CCCCNC(=O)C1(c2ccc(F)cc2)CCCC1. The minimum absolute atomic E-state index is 0.0214. The first-order chi connectivity index (χ1) is 10.5. The molecular weight excluding hydrogens is 285 g/mol. The normalized spacial score (nSPS) is 16.4. The highest BCUT2D eigenvalue weighted by Gasteiger charge is 2.42. The Balaban J connectivity index is 1.97. The van der Waals surface area contributed by atoms with Crippen LogP contribution in [0.25, 0.3) is 0 Å². The van der Waals surface area contributed by atoms with E-state index in [0.717, 1.165) is 31.2 Å². The lowest BCUT2D eigenvalue weighted by Gasteiger charge is -2.28. The van der Waals surface area contributed by atoms with Crippen LogP contribution in [0.2, 0.25) is 0 Å². The summed E-state index contributed by atoms with van der Waals surface area (Å²) in [7, 11) is 0. The average molecular weight is 307 g/mol. The number of amides is 1. The summed E-state index contributed by atoms with van der Waals surface area (Å²) in [5, 5.41) is 11.5.